The molecule has 2 amide bonds. The highest BCUT2D eigenvalue weighted by atomic mass is 35.5. The summed E-state index contributed by atoms with van der Waals surface area (Å²) < 4.78 is 8.29. The maximum Gasteiger partial charge on any atom is 0.410 e. The Hall–Kier alpha value is -2.59. The van der Waals surface area contributed by atoms with Gasteiger partial charge in [0.05, 0.1) is 5.56 Å². The first kappa shape index (κ1) is 32.6. The zero-order valence-corrected chi connectivity index (χ0v) is 26.1. The Morgan fingerprint density at radius 3 is 2.54 bits per heavy atom. The number of amides is 2. The van der Waals surface area contributed by atoms with E-state index in [1.54, 1.807) is 0 Å². The number of nitrogens with one attached hydrogen (secondary N) is 2. The first-order chi connectivity index (χ1) is 17.9. The molecule has 0 saturated carbocycles. The van der Waals surface area contributed by atoms with Crippen molar-refractivity contribution in [2.24, 2.45) is 10.9 Å². The first-order valence-electron chi connectivity index (χ1n) is 13.1. The van der Waals surface area contributed by atoms with E-state index in [-0.39, 0.29) is 27.8 Å². The van der Waals surface area contributed by atoms with Gasteiger partial charge in [-0.3, -0.25) is 9.52 Å². The third kappa shape index (κ3) is 10.1. The molecule has 216 valence electrons. The maximum absolute atomic E-state index is 12.6. The van der Waals surface area contributed by atoms with E-state index in [4.69, 9.17) is 16.3 Å². The third-order valence-corrected chi connectivity index (χ3v) is 7.06. The van der Waals surface area contributed by atoms with Crippen LogP contribution in [0.15, 0.2) is 36.2 Å². The molecule has 0 radical (unpaired) electrons. The van der Waals surface area contributed by atoms with Gasteiger partial charge in [-0.25, -0.2) is 19.8 Å². The number of aromatic nitrogens is 2. The summed E-state index contributed by atoms with van der Waals surface area (Å²) in [5.74, 6) is 0.987. The van der Waals surface area contributed by atoms with Gasteiger partial charge in [-0.2, -0.15) is 0 Å². The number of carbonyl (C=O) groups excluding carboxylic acids is 2. The summed E-state index contributed by atoms with van der Waals surface area (Å²) >= 11 is 7.23. The molecular weight excluding hydrogens is 536 g/mol. The highest BCUT2D eigenvalue weighted by Gasteiger charge is 2.42. The van der Waals surface area contributed by atoms with Gasteiger partial charge in [0.15, 0.2) is 0 Å². The van der Waals surface area contributed by atoms with Crippen molar-refractivity contribution in [3.05, 3.63) is 47.8 Å². The lowest BCUT2D eigenvalue weighted by Gasteiger charge is -2.33. The lowest BCUT2D eigenvalue weighted by molar-refractivity contribution is 0.0130. The van der Waals surface area contributed by atoms with E-state index in [1.807, 2.05) is 46.4 Å². The molecule has 0 aliphatic carbocycles. The number of aliphatic imine (C=N–C) groups is 1. The van der Waals surface area contributed by atoms with Crippen molar-refractivity contribution in [2.75, 3.05) is 13.1 Å². The molecule has 1 fully saturated rings. The number of rotatable bonds is 8. The van der Waals surface area contributed by atoms with Crippen molar-refractivity contribution in [2.45, 2.75) is 91.2 Å². The zero-order valence-electron chi connectivity index (χ0n) is 24.5. The van der Waals surface area contributed by atoms with Crippen LogP contribution in [0.25, 0.3) is 0 Å². The van der Waals surface area contributed by atoms with Gasteiger partial charge in [0.25, 0.3) is 5.91 Å². The van der Waals surface area contributed by atoms with Crippen molar-refractivity contribution in [3.63, 3.8) is 0 Å². The molecule has 1 aromatic heterocycles. The number of hydrogen-bond acceptors (Lipinski definition) is 8. The van der Waals surface area contributed by atoms with E-state index >= 15 is 0 Å². The van der Waals surface area contributed by atoms with Gasteiger partial charge in [0.1, 0.15) is 27.4 Å². The smallest absolute Gasteiger partial charge is 0.410 e. The first-order valence-corrected chi connectivity index (χ1v) is 14.3. The molecule has 11 heteroatoms. The number of likely N-dealkylation sites (tertiary alicyclic amines) is 1. The van der Waals surface area contributed by atoms with Crippen LogP contribution in [0.1, 0.15) is 90.8 Å². The quantitative estimate of drug-likeness (QED) is 0.123. The van der Waals surface area contributed by atoms with E-state index < -0.39 is 11.5 Å². The summed E-state index contributed by atoms with van der Waals surface area (Å²) in [6, 6.07) is 0. The molecule has 0 aromatic carbocycles. The van der Waals surface area contributed by atoms with Gasteiger partial charge >= 0.3 is 6.09 Å². The van der Waals surface area contributed by atoms with Crippen LogP contribution in [-0.2, 0) is 10.2 Å². The summed E-state index contributed by atoms with van der Waals surface area (Å²) in [5, 5.41) is 3.76. The van der Waals surface area contributed by atoms with Crippen molar-refractivity contribution in [1.82, 2.24) is 24.9 Å². The van der Waals surface area contributed by atoms with E-state index in [9.17, 15) is 9.59 Å². The van der Waals surface area contributed by atoms with E-state index in [0.29, 0.717) is 35.7 Å². The van der Waals surface area contributed by atoms with Crippen LogP contribution in [0.3, 0.4) is 0 Å². The second-order valence-electron chi connectivity index (χ2n) is 12.3. The molecular formula is C28H43ClN6O3S. The van der Waals surface area contributed by atoms with E-state index in [1.165, 1.54) is 12.3 Å². The van der Waals surface area contributed by atoms with E-state index in [0.717, 1.165) is 31.2 Å². The fraction of sp³-hybridized carbons (Fsp3) is 0.607. The highest BCUT2D eigenvalue weighted by Crippen LogP contribution is 2.36. The Labute approximate surface area is 242 Å². The van der Waals surface area contributed by atoms with Crippen LogP contribution in [0.2, 0.25) is 5.15 Å². The molecule has 1 saturated heterocycles. The van der Waals surface area contributed by atoms with Crippen molar-refractivity contribution >= 4 is 40.6 Å². The van der Waals surface area contributed by atoms with Crippen molar-refractivity contribution < 1.29 is 14.3 Å². The number of halogens is 1. The average Bonchev–Trinajstić information content (AvgIpc) is 3.11. The lowest BCUT2D eigenvalue weighted by Crippen LogP contribution is -2.45. The molecule has 1 unspecified atom stereocenters. The standard InChI is InChI=1S/C28H43ClN6O3S/c1-11-21(39-34-23(36)20-16-31-24(26(3,4)5)33-22(20)29)32-18(2)30-14-12-13-19-15-28(9,10)35(17-19)25(37)38-27(6,7)8/h11,16,19,30H,1-2,12-15,17H2,3-10H3,(H,34,36)/b32-21+. The Bertz CT molecular complexity index is 1110. The fourth-order valence-electron chi connectivity index (χ4n) is 4.15. The topological polar surface area (TPSA) is 109 Å². The predicted molar refractivity (Wildman–Crippen MR) is 160 cm³/mol. The van der Waals surface area contributed by atoms with Crippen LogP contribution < -0.4 is 10.0 Å². The monoisotopic (exact) mass is 578 g/mol. The molecule has 9 nitrogen and oxygen atoms in total. The van der Waals surface area contributed by atoms with Crippen LogP contribution in [0.4, 0.5) is 4.79 Å². The number of hydrogen-bond donors (Lipinski definition) is 2. The van der Waals surface area contributed by atoms with Crippen LogP contribution in [0.5, 0.6) is 0 Å². The SMILES string of the molecule is C=C/C(=N\C(=C)NCCCC1CN(C(=O)OC(C)(C)C)C(C)(C)C1)SNC(=O)c1cnc(C(C)(C)C)nc1Cl. The number of carbonyl (C=O) groups is 2. The van der Waals surface area contributed by atoms with Crippen LogP contribution >= 0.6 is 23.5 Å². The highest BCUT2D eigenvalue weighted by molar-refractivity contribution is 8.13. The summed E-state index contributed by atoms with van der Waals surface area (Å²) in [7, 11) is 0. The molecule has 39 heavy (non-hydrogen) atoms. The second-order valence-corrected chi connectivity index (χ2v) is 13.5. The van der Waals surface area contributed by atoms with Gasteiger partial charge in [0.2, 0.25) is 0 Å². The lowest BCUT2D eigenvalue weighted by atomic mass is 9.93. The van der Waals surface area contributed by atoms with Crippen molar-refractivity contribution in [1.29, 1.82) is 0 Å². The minimum absolute atomic E-state index is 0.0936. The molecule has 1 aliphatic heterocycles. The van der Waals surface area contributed by atoms with E-state index in [2.05, 4.69) is 52.0 Å². The average molecular weight is 579 g/mol. The van der Waals surface area contributed by atoms with Gasteiger partial charge in [-0.1, -0.05) is 45.5 Å². The normalized spacial score (nSPS) is 17.5. The van der Waals surface area contributed by atoms with Crippen LogP contribution in [-0.4, -0.2) is 56.1 Å². The van der Waals surface area contributed by atoms with Gasteiger partial charge in [-0.15, -0.1) is 0 Å². The summed E-state index contributed by atoms with van der Waals surface area (Å²) in [4.78, 5) is 40.0. The zero-order chi connectivity index (χ0) is 29.6. The maximum atomic E-state index is 12.6. The summed E-state index contributed by atoms with van der Waals surface area (Å²) in [5.41, 5.74) is -0.851. The second kappa shape index (κ2) is 13.2. The Morgan fingerprint density at radius 2 is 1.97 bits per heavy atom. The molecule has 0 spiro atoms. The minimum Gasteiger partial charge on any atom is -0.444 e. The Balaban J connectivity index is 1.81. The molecule has 2 heterocycles. The predicted octanol–water partition coefficient (Wildman–Crippen LogP) is 6.27. The Kier molecular flexibility index (Phi) is 11.0. The van der Waals surface area contributed by atoms with Crippen molar-refractivity contribution in [3.8, 4) is 0 Å². The number of ether oxygens (including phenoxy) is 1. The fourth-order valence-corrected chi connectivity index (χ4v) is 4.91. The third-order valence-electron chi connectivity index (χ3n) is 6.02. The molecule has 1 aliphatic rings. The van der Waals surface area contributed by atoms with Gasteiger partial charge < -0.3 is 15.0 Å². The minimum atomic E-state index is -0.513. The molecule has 1 aromatic rings. The summed E-state index contributed by atoms with van der Waals surface area (Å²) in [6.07, 6.45) is 5.49. The molecule has 0 bridgehead atoms. The number of nitrogens with zero attached hydrogens (tertiary/aromatic N) is 4. The van der Waals surface area contributed by atoms with Gasteiger partial charge in [0, 0.05) is 42.2 Å². The molecule has 2 rings (SSSR count). The van der Waals surface area contributed by atoms with Gasteiger partial charge in [-0.05, 0) is 65.9 Å². The summed E-state index contributed by atoms with van der Waals surface area (Å²) in [6.45, 7) is 24.8. The van der Waals surface area contributed by atoms with Crippen LogP contribution in [0, 0.1) is 5.92 Å². The largest absolute Gasteiger partial charge is 0.444 e. The molecule has 1 atom stereocenters. The molecule has 2 N–H and O–H groups in total. The Morgan fingerprint density at radius 1 is 1.31 bits per heavy atom.